The van der Waals surface area contributed by atoms with Crippen molar-refractivity contribution in [3.8, 4) is 11.5 Å². The van der Waals surface area contributed by atoms with E-state index in [-0.39, 0.29) is 12.0 Å². The fraction of sp³-hybridized carbons (Fsp3) is 0.381. The Kier molecular flexibility index (Phi) is 5.78. The van der Waals surface area contributed by atoms with Gasteiger partial charge in [-0.2, -0.15) is 0 Å². The van der Waals surface area contributed by atoms with E-state index in [9.17, 15) is 9.90 Å². The molecule has 5 heteroatoms. The first-order chi connectivity index (χ1) is 12.6. The summed E-state index contributed by atoms with van der Waals surface area (Å²) in [7, 11) is 3.30. The van der Waals surface area contributed by atoms with E-state index in [1.54, 1.807) is 14.2 Å². The van der Waals surface area contributed by atoms with Crippen LogP contribution in [0.3, 0.4) is 0 Å². The third kappa shape index (κ3) is 3.99. The first-order valence-corrected chi connectivity index (χ1v) is 8.87. The molecule has 2 aromatic rings. The quantitative estimate of drug-likeness (QED) is 0.858. The van der Waals surface area contributed by atoms with Gasteiger partial charge in [-0.3, -0.25) is 9.69 Å². The monoisotopic (exact) mass is 355 g/mol. The number of nitrogens with zero attached hydrogens (tertiary/aromatic N) is 1. The van der Waals surface area contributed by atoms with Gasteiger partial charge in [0.15, 0.2) is 0 Å². The predicted octanol–water partition coefficient (Wildman–Crippen LogP) is 3.59. The van der Waals surface area contributed by atoms with Gasteiger partial charge in [-0.1, -0.05) is 24.3 Å². The largest absolute Gasteiger partial charge is 0.497 e. The standard InChI is InChI=1S/C21H25NO4/c1-25-18-9-5-15(6-10-18)20(16-7-11-19(26-2)12-8-16)22-13-3-4-17(14-22)21(23)24/h5-12,17,20H,3-4,13-14H2,1-2H3,(H,23,24). The van der Waals surface area contributed by atoms with Gasteiger partial charge in [-0.05, 0) is 54.8 Å². The lowest BCUT2D eigenvalue weighted by molar-refractivity contribution is -0.143. The number of rotatable bonds is 6. The van der Waals surface area contributed by atoms with Gasteiger partial charge in [0.25, 0.3) is 0 Å². The molecular formula is C21H25NO4. The summed E-state index contributed by atoms with van der Waals surface area (Å²) >= 11 is 0. The third-order valence-electron chi connectivity index (χ3n) is 5.03. The molecule has 1 atom stereocenters. The molecule has 1 saturated heterocycles. The number of aliphatic carboxylic acids is 1. The number of piperidine rings is 1. The first kappa shape index (κ1) is 18.3. The van der Waals surface area contributed by atoms with Crippen molar-refractivity contribution in [3.05, 3.63) is 59.7 Å². The molecular weight excluding hydrogens is 330 g/mol. The Bertz CT molecular complexity index is 679. The highest BCUT2D eigenvalue weighted by Gasteiger charge is 2.31. The van der Waals surface area contributed by atoms with E-state index in [0.29, 0.717) is 6.54 Å². The van der Waals surface area contributed by atoms with Gasteiger partial charge in [0.2, 0.25) is 0 Å². The SMILES string of the molecule is COc1ccc(C(c2ccc(OC)cc2)N2CCCC(C(=O)O)C2)cc1. The molecule has 0 bridgehead atoms. The summed E-state index contributed by atoms with van der Waals surface area (Å²) in [6.45, 7) is 1.44. The minimum absolute atomic E-state index is 0.00830. The number of likely N-dealkylation sites (tertiary alicyclic amines) is 1. The molecule has 2 aromatic carbocycles. The molecule has 26 heavy (non-hydrogen) atoms. The fourth-order valence-corrected chi connectivity index (χ4v) is 3.63. The van der Waals surface area contributed by atoms with E-state index in [1.165, 1.54) is 0 Å². The van der Waals surface area contributed by atoms with Crippen molar-refractivity contribution in [2.75, 3.05) is 27.3 Å². The average molecular weight is 355 g/mol. The lowest BCUT2D eigenvalue weighted by Gasteiger charge is -2.37. The number of carboxylic acids is 1. The van der Waals surface area contributed by atoms with Gasteiger partial charge in [0, 0.05) is 6.54 Å². The van der Waals surface area contributed by atoms with Crippen molar-refractivity contribution in [3.63, 3.8) is 0 Å². The maximum atomic E-state index is 11.5. The zero-order valence-corrected chi connectivity index (χ0v) is 15.2. The van der Waals surface area contributed by atoms with E-state index >= 15 is 0 Å². The van der Waals surface area contributed by atoms with Crippen molar-refractivity contribution >= 4 is 5.97 Å². The summed E-state index contributed by atoms with van der Waals surface area (Å²) in [4.78, 5) is 13.8. The Labute approximate surface area is 154 Å². The Morgan fingerprint density at radius 2 is 1.50 bits per heavy atom. The van der Waals surface area contributed by atoms with E-state index in [4.69, 9.17) is 9.47 Å². The normalized spacial score (nSPS) is 17.9. The van der Waals surface area contributed by atoms with E-state index in [2.05, 4.69) is 29.2 Å². The van der Waals surface area contributed by atoms with Crippen LogP contribution < -0.4 is 9.47 Å². The van der Waals surface area contributed by atoms with Gasteiger partial charge >= 0.3 is 5.97 Å². The van der Waals surface area contributed by atoms with Crippen molar-refractivity contribution < 1.29 is 19.4 Å². The van der Waals surface area contributed by atoms with Crippen LogP contribution in [0.5, 0.6) is 11.5 Å². The molecule has 5 nitrogen and oxygen atoms in total. The van der Waals surface area contributed by atoms with Crippen molar-refractivity contribution in [2.24, 2.45) is 5.92 Å². The van der Waals surface area contributed by atoms with E-state index in [1.807, 2.05) is 24.3 Å². The number of methoxy groups -OCH3 is 2. The lowest BCUT2D eigenvalue weighted by atomic mass is 9.91. The van der Waals surface area contributed by atoms with Crippen LogP contribution in [0.15, 0.2) is 48.5 Å². The molecule has 1 heterocycles. The second-order valence-electron chi connectivity index (χ2n) is 6.62. The Morgan fingerprint density at radius 3 is 1.92 bits per heavy atom. The van der Waals surface area contributed by atoms with Crippen molar-refractivity contribution in [1.29, 1.82) is 0 Å². The minimum Gasteiger partial charge on any atom is -0.497 e. The zero-order chi connectivity index (χ0) is 18.5. The van der Waals surface area contributed by atoms with Crippen LogP contribution in [-0.2, 0) is 4.79 Å². The summed E-state index contributed by atoms with van der Waals surface area (Å²) in [5.41, 5.74) is 2.25. The zero-order valence-electron chi connectivity index (χ0n) is 15.2. The maximum Gasteiger partial charge on any atom is 0.307 e. The van der Waals surface area contributed by atoms with Gasteiger partial charge in [-0.25, -0.2) is 0 Å². The van der Waals surface area contributed by atoms with Crippen molar-refractivity contribution in [1.82, 2.24) is 4.90 Å². The summed E-state index contributed by atoms with van der Waals surface area (Å²) in [5.74, 6) is 0.592. The van der Waals surface area contributed by atoms with Gasteiger partial charge in [0.1, 0.15) is 11.5 Å². The molecule has 1 N–H and O–H groups in total. The van der Waals surface area contributed by atoms with Gasteiger partial charge in [0.05, 0.1) is 26.2 Å². The molecule has 1 fully saturated rings. The number of hydrogen-bond donors (Lipinski definition) is 1. The Morgan fingerprint density at radius 1 is 1.00 bits per heavy atom. The molecule has 0 amide bonds. The van der Waals surface area contributed by atoms with Crippen LogP contribution >= 0.6 is 0 Å². The summed E-state index contributed by atoms with van der Waals surface area (Å²) in [5, 5.41) is 9.46. The highest BCUT2D eigenvalue weighted by Crippen LogP contribution is 2.34. The summed E-state index contributed by atoms with van der Waals surface area (Å²) in [6.07, 6.45) is 1.63. The highest BCUT2D eigenvalue weighted by molar-refractivity contribution is 5.70. The fourth-order valence-electron chi connectivity index (χ4n) is 3.63. The summed E-state index contributed by atoms with van der Waals surface area (Å²) < 4.78 is 10.5. The number of hydrogen-bond acceptors (Lipinski definition) is 4. The van der Waals surface area contributed by atoms with Crippen LogP contribution in [0.1, 0.15) is 30.0 Å². The van der Waals surface area contributed by atoms with Gasteiger partial charge in [-0.15, -0.1) is 0 Å². The summed E-state index contributed by atoms with van der Waals surface area (Å²) in [6, 6.07) is 16.0. The molecule has 3 rings (SSSR count). The second-order valence-corrected chi connectivity index (χ2v) is 6.62. The molecule has 0 spiro atoms. The van der Waals surface area contributed by atoms with Crippen LogP contribution in [0, 0.1) is 5.92 Å². The lowest BCUT2D eigenvalue weighted by Crippen LogP contribution is -2.41. The highest BCUT2D eigenvalue weighted by atomic mass is 16.5. The van der Waals surface area contributed by atoms with Crippen LogP contribution in [-0.4, -0.2) is 43.3 Å². The first-order valence-electron chi connectivity index (χ1n) is 8.87. The number of carboxylic acid groups (broad SMARTS) is 1. The Hall–Kier alpha value is -2.53. The van der Waals surface area contributed by atoms with Crippen LogP contribution in [0.2, 0.25) is 0 Å². The molecule has 0 saturated carbocycles. The molecule has 0 aromatic heterocycles. The second kappa shape index (κ2) is 8.23. The maximum absolute atomic E-state index is 11.5. The third-order valence-corrected chi connectivity index (χ3v) is 5.03. The molecule has 1 aliphatic heterocycles. The molecule has 138 valence electrons. The number of carbonyl (C=O) groups is 1. The molecule has 1 aliphatic rings. The van der Waals surface area contributed by atoms with Crippen LogP contribution in [0.4, 0.5) is 0 Å². The topological polar surface area (TPSA) is 59.0 Å². The smallest absolute Gasteiger partial charge is 0.307 e. The molecule has 0 radical (unpaired) electrons. The molecule has 0 aliphatic carbocycles. The number of ether oxygens (including phenoxy) is 2. The Balaban J connectivity index is 1.95. The van der Waals surface area contributed by atoms with E-state index < -0.39 is 5.97 Å². The predicted molar refractivity (Wildman–Crippen MR) is 99.8 cm³/mol. The van der Waals surface area contributed by atoms with Gasteiger partial charge < -0.3 is 14.6 Å². The van der Waals surface area contributed by atoms with E-state index in [0.717, 1.165) is 42.0 Å². The van der Waals surface area contributed by atoms with Crippen LogP contribution in [0.25, 0.3) is 0 Å². The molecule has 1 unspecified atom stereocenters. The number of benzene rings is 2. The minimum atomic E-state index is -0.710. The average Bonchev–Trinajstić information content (AvgIpc) is 2.69. The van der Waals surface area contributed by atoms with Crippen molar-refractivity contribution in [2.45, 2.75) is 18.9 Å².